The van der Waals surface area contributed by atoms with Gasteiger partial charge in [0.1, 0.15) is 0 Å². The number of ether oxygens (including phenoxy) is 1. The predicted molar refractivity (Wildman–Crippen MR) is 62.3 cm³/mol. The molecule has 0 aliphatic carbocycles. The van der Waals surface area contributed by atoms with Crippen molar-refractivity contribution in [2.24, 2.45) is 0 Å². The van der Waals surface area contributed by atoms with Crippen LogP contribution in [0, 0.1) is 0 Å². The highest BCUT2D eigenvalue weighted by Crippen LogP contribution is 2.17. The summed E-state index contributed by atoms with van der Waals surface area (Å²) in [6, 6.07) is 0.416. The third kappa shape index (κ3) is 2.95. The molecule has 1 atom stereocenters. The summed E-state index contributed by atoms with van der Waals surface area (Å²) in [6.45, 7) is 2.77. The topological polar surface area (TPSA) is 41.6 Å². The van der Waals surface area contributed by atoms with E-state index in [0.717, 1.165) is 32.5 Å². The van der Waals surface area contributed by atoms with Crippen LogP contribution >= 0.6 is 0 Å². The molecule has 0 aromatic carbocycles. The number of carbonyl (C=O) groups is 1. The Morgan fingerprint density at radius 3 is 2.81 bits per heavy atom. The van der Waals surface area contributed by atoms with Gasteiger partial charge in [-0.15, -0.1) is 0 Å². The summed E-state index contributed by atoms with van der Waals surface area (Å²) < 4.78 is 5.63. The predicted octanol–water partition coefficient (Wildman–Crippen LogP) is 0.766. The van der Waals surface area contributed by atoms with Gasteiger partial charge in [0.25, 0.3) is 0 Å². The Balaban J connectivity index is 1.65. The maximum atomic E-state index is 11.9. The summed E-state index contributed by atoms with van der Waals surface area (Å²) >= 11 is 0. The number of nitrogens with zero attached hydrogens (tertiary/aromatic N) is 1. The molecule has 4 nitrogen and oxygen atoms in total. The van der Waals surface area contributed by atoms with E-state index in [1.807, 2.05) is 11.9 Å². The van der Waals surface area contributed by atoms with E-state index < -0.39 is 0 Å². The Morgan fingerprint density at radius 1 is 1.44 bits per heavy atom. The first-order chi connectivity index (χ1) is 7.77. The second kappa shape index (κ2) is 5.64. The molecule has 2 heterocycles. The van der Waals surface area contributed by atoms with Crippen molar-refractivity contribution in [1.82, 2.24) is 10.2 Å². The quantitative estimate of drug-likeness (QED) is 0.769. The average molecular weight is 226 g/mol. The van der Waals surface area contributed by atoms with E-state index in [2.05, 4.69) is 5.32 Å². The molecule has 0 spiro atoms. The molecule has 4 heteroatoms. The van der Waals surface area contributed by atoms with Gasteiger partial charge in [-0.25, -0.2) is 0 Å². The molecule has 0 saturated carbocycles. The van der Waals surface area contributed by atoms with Crippen LogP contribution in [0.2, 0.25) is 0 Å². The Bertz CT molecular complexity index is 235. The highest BCUT2D eigenvalue weighted by atomic mass is 16.5. The van der Waals surface area contributed by atoms with Crippen molar-refractivity contribution < 1.29 is 9.53 Å². The largest absolute Gasteiger partial charge is 0.378 e. The molecule has 1 amide bonds. The van der Waals surface area contributed by atoms with Gasteiger partial charge < -0.3 is 15.0 Å². The van der Waals surface area contributed by atoms with E-state index in [1.54, 1.807) is 0 Å². The summed E-state index contributed by atoms with van der Waals surface area (Å²) in [5, 5.41) is 3.18. The van der Waals surface area contributed by atoms with Gasteiger partial charge in [0.2, 0.25) is 5.91 Å². The van der Waals surface area contributed by atoms with E-state index >= 15 is 0 Å². The van der Waals surface area contributed by atoms with E-state index in [-0.39, 0.29) is 5.91 Å². The molecule has 2 saturated heterocycles. The van der Waals surface area contributed by atoms with E-state index in [4.69, 9.17) is 4.74 Å². The lowest BCUT2D eigenvalue weighted by Crippen LogP contribution is -2.57. The minimum atomic E-state index is 0.265. The van der Waals surface area contributed by atoms with E-state index in [9.17, 15) is 4.79 Å². The average Bonchev–Trinajstić information content (AvgIpc) is 2.25. The molecule has 0 aromatic rings. The lowest BCUT2D eigenvalue weighted by molar-refractivity contribution is -0.133. The van der Waals surface area contributed by atoms with Crippen molar-refractivity contribution in [3.8, 4) is 0 Å². The zero-order chi connectivity index (χ0) is 11.4. The van der Waals surface area contributed by atoms with Crippen LogP contribution in [0.3, 0.4) is 0 Å². The summed E-state index contributed by atoms with van der Waals surface area (Å²) in [4.78, 5) is 13.8. The van der Waals surface area contributed by atoms with Gasteiger partial charge >= 0.3 is 0 Å². The Morgan fingerprint density at radius 2 is 2.25 bits per heavy atom. The molecule has 0 radical (unpaired) electrons. The van der Waals surface area contributed by atoms with Crippen molar-refractivity contribution in [3.05, 3.63) is 0 Å². The van der Waals surface area contributed by atoms with E-state index in [0.29, 0.717) is 18.6 Å². The molecule has 16 heavy (non-hydrogen) atoms. The SMILES string of the molecule is CN(C(=O)CCC1CCCCO1)C1CNC1. The molecule has 2 aliphatic rings. The van der Waals surface area contributed by atoms with Crippen LogP contribution in [0.25, 0.3) is 0 Å². The standard InChI is InChI=1S/C12H22N2O2/c1-14(10-8-13-9-10)12(15)6-5-11-4-2-3-7-16-11/h10-11,13H,2-9H2,1H3. The molecule has 1 unspecified atom stereocenters. The van der Waals surface area contributed by atoms with Crippen LogP contribution in [-0.2, 0) is 9.53 Å². The van der Waals surface area contributed by atoms with Gasteiger partial charge in [0, 0.05) is 33.2 Å². The van der Waals surface area contributed by atoms with Crippen LogP contribution < -0.4 is 5.32 Å². The summed E-state index contributed by atoms with van der Waals surface area (Å²) in [6.07, 6.45) is 5.41. The molecule has 2 fully saturated rings. The number of rotatable bonds is 4. The van der Waals surface area contributed by atoms with Gasteiger partial charge in [-0.3, -0.25) is 4.79 Å². The van der Waals surface area contributed by atoms with Gasteiger partial charge in [-0.1, -0.05) is 0 Å². The number of carbonyl (C=O) groups excluding carboxylic acids is 1. The van der Waals surface area contributed by atoms with Crippen molar-refractivity contribution in [3.63, 3.8) is 0 Å². The van der Waals surface area contributed by atoms with Gasteiger partial charge in [0.05, 0.1) is 12.1 Å². The van der Waals surface area contributed by atoms with Crippen molar-refractivity contribution >= 4 is 5.91 Å². The third-order valence-electron chi connectivity index (χ3n) is 3.66. The summed E-state index contributed by atoms with van der Waals surface area (Å²) in [5.41, 5.74) is 0. The zero-order valence-corrected chi connectivity index (χ0v) is 10.1. The molecule has 2 aliphatic heterocycles. The zero-order valence-electron chi connectivity index (χ0n) is 10.1. The number of hydrogen-bond donors (Lipinski definition) is 1. The second-order valence-corrected chi connectivity index (χ2v) is 4.84. The molecule has 0 bridgehead atoms. The number of amides is 1. The molecule has 1 N–H and O–H groups in total. The first kappa shape index (κ1) is 11.9. The highest BCUT2D eigenvalue weighted by molar-refractivity contribution is 5.76. The van der Waals surface area contributed by atoms with Crippen LogP contribution in [0.1, 0.15) is 32.1 Å². The fourth-order valence-corrected chi connectivity index (χ4v) is 2.25. The minimum absolute atomic E-state index is 0.265. The maximum absolute atomic E-state index is 11.9. The Labute approximate surface area is 97.3 Å². The van der Waals surface area contributed by atoms with Crippen LogP contribution in [-0.4, -0.2) is 49.7 Å². The first-order valence-corrected chi connectivity index (χ1v) is 6.35. The second-order valence-electron chi connectivity index (χ2n) is 4.84. The molecular weight excluding hydrogens is 204 g/mol. The maximum Gasteiger partial charge on any atom is 0.222 e. The van der Waals surface area contributed by atoms with Crippen molar-refractivity contribution in [2.45, 2.75) is 44.2 Å². The number of likely N-dealkylation sites (N-methyl/N-ethyl adjacent to an activating group) is 1. The first-order valence-electron chi connectivity index (χ1n) is 6.35. The van der Waals surface area contributed by atoms with Crippen LogP contribution in [0.4, 0.5) is 0 Å². The van der Waals surface area contributed by atoms with Gasteiger partial charge in [-0.2, -0.15) is 0 Å². The number of hydrogen-bond acceptors (Lipinski definition) is 3. The molecule has 2 rings (SSSR count). The summed E-state index contributed by atoms with van der Waals surface area (Å²) in [7, 11) is 1.91. The lowest BCUT2D eigenvalue weighted by atomic mass is 10.0. The molecule has 0 aromatic heterocycles. The fourth-order valence-electron chi connectivity index (χ4n) is 2.25. The van der Waals surface area contributed by atoms with Crippen LogP contribution in [0.5, 0.6) is 0 Å². The molecular formula is C12H22N2O2. The Hall–Kier alpha value is -0.610. The monoisotopic (exact) mass is 226 g/mol. The highest BCUT2D eigenvalue weighted by Gasteiger charge is 2.25. The van der Waals surface area contributed by atoms with Gasteiger partial charge in [-0.05, 0) is 25.7 Å². The minimum Gasteiger partial charge on any atom is -0.378 e. The third-order valence-corrected chi connectivity index (χ3v) is 3.66. The van der Waals surface area contributed by atoms with Crippen molar-refractivity contribution in [2.75, 3.05) is 26.7 Å². The normalized spacial score (nSPS) is 26.2. The van der Waals surface area contributed by atoms with Gasteiger partial charge in [0.15, 0.2) is 0 Å². The number of nitrogens with one attached hydrogen (secondary N) is 1. The summed E-state index contributed by atoms with van der Waals surface area (Å²) in [5.74, 6) is 0.265. The smallest absolute Gasteiger partial charge is 0.222 e. The fraction of sp³-hybridized carbons (Fsp3) is 0.917. The van der Waals surface area contributed by atoms with Crippen molar-refractivity contribution in [1.29, 1.82) is 0 Å². The van der Waals surface area contributed by atoms with Crippen LogP contribution in [0.15, 0.2) is 0 Å². The Kier molecular flexibility index (Phi) is 4.18. The molecule has 92 valence electrons. The van der Waals surface area contributed by atoms with E-state index in [1.165, 1.54) is 12.8 Å². The lowest BCUT2D eigenvalue weighted by Gasteiger charge is -2.36.